The number of hydrogen-bond donors (Lipinski definition) is 1. The van der Waals surface area contributed by atoms with Crippen LogP contribution in [0.1, 0.15) is 35.2 Å². The number of benzene rings is 2. The van der Waals surface area contributed by atoms with Crippen molar-refractivity contribution in [3.05, 3.63) is 74.8 Å². The molecule has 1 unspecified atom stereocenters. The molecule has 152 valence electrons. The number of nitrogens with zero attached hydrogens (tertiary/aromatic N) is 1. The topological polar surface area (TPSA) is 66.8 Å². The highest BCUT2D eigenvalue weighted by molar-refractivity contribution is 9.10. The number of halogens is 1. The molecule has 2 aromatic rings. The molecule has 0 aliphatic carbocycles. The molecule has 1 atom stereocenters. The van der Waals surface area contributed by atoms with Gasteiger partial charge in [0.05, 0.1) is 18.2 Å². The maximum atomic E-state index is 12.9. The first-order valence-corrected chi connectivity index (χ1v) is 10.3. The minimum Gasteiger partial charge on any atom is -0.507 e. The Labute approximate surface area is 179 Å². The third-order valence-electron chi connectivity index (χ3n) is 5.21. The highest BCUT2D eigenvalue weighted by Crippen LogP contribution is 2.39. The molecular weight excluding hydrogens is 434 g/mol. The van der Waals surface area contributed by atoms with Crippen molar-refractivity contribution in [1.82, 2.24) is 4.90 Å². The molecule has 2 aromatic carbocycles. The summed E-state index contributed by atoms with van der Waals surface area (Å²) in [5, 5.41) is 11.0. The summed E-state index contributed by atoms with van der Waals surface area (Å²) in [7, 11) is 1.55. The molecule has 29 heavy (non-hydrogen) atoms. The number of methoxy groups -OCH3 is 1. The molecule has 1 fully saturated rings. The quantitative estimate of drug-likeness (QED) is 0.396. The van der Waals surface area contributed by atoms with E-state index in [9.17, 15) is 14.7 Å². The lowest BCUT2D eigenvalue weighted by Gasteiger charge is -2.25. The van der Waals surface area contributed by atoms with E-state index in [1.54, 1.807) is 19.2 Å². The summed E-state index contributed by atoms with van der Waals surface area (Å²) in [6.45, 7) is 4.53. The SMILES string of the molecule is CCc1ccc(C2/C(=C(/O)c3ccc(Br)c(C)c3)C(=O)C(=O)N2CCOC)cc1. The molecule has 1 amide bonds. The van der Waals surface area contributed by atoms with E-state index in [0.717, 1.165) is 27.6 Å². The van der Waals surface area contributed by atoms with Crippen LogP contribution in [0.3, 0.4) is 0 Å². The minimum atomic E-state index is -0.677. The number of aryl methyl sites for hydroxylation is 2. The number of ketones is 1. The molecule has 0 spiro atoms. The molecule has 1 heterocycles. The van der Waals surface area contributed by atoms with Crippen LogP contribution in [0.15, 0.2) is 52.5 Å². The summed E-state index contributed by atoms with van der Waals surface area (Å²) in [5.41, 5.74) is 3.48. The first-order valence-electron chi connectivity index (χ1n) is 9.51. The fraction of sp³-hybridized carbons (Fsp3) is 0.304. The van der Waals surface area contributed by atoms with Gasteiger partial charge in [-0.05, 0) is 42.2 Å². The van der Waals surface area contributed by atoms with Gasteiger partial charge in [-0.15, -0.1) is 0 Å². The fourth-order valence-electron chi connectivity index (χ4n) is 3.53. The van der Waals surface area contributed by atoms with Gasteiger partial charge in [0.25, 0.3) is 11.7 Å². The van der Waals surface area contributed by atoms with Gasteiger partial charge in [0.15, 0.2) is 0 Å². The monoisotopic (exact) mass is 457 g/mol. The Kier molecular flexibility index (Phi) is 6.55. The van der Waals surface area contributed by atoms with Gasteiger partial charge >= 0.3 is 0 Å². The summed E-state index contributed by atoms with van der Waals surface area (Å²) < 4.78 is 6.03. The highest BCUT2D eigenvalue weighted by Gasteiger charge is 2.45. The second-order valence-corrected chi connectivity index (χ2v) is 7.90. The van der Waals surface area contributed by atoms with Crippen LogP contribution in [0, 0.1) is 6.92 Å². The Morgan fingerprint density at radius 1 is 1.17 bits per heavy atom. The van der Waals surface area contributed by atoms with E-state index in [1.807, 2.05) is 37.3 Å². The van der Waals surface area contributed by atoms with Gasteiger partial charge in [-0.25, -0.2) is 0 Å². The molecule has 0 bridgehead atoms. The zero-order valence-electron chi connectivity index (χ0n) is 16.7. The zero-order chi connectivity index (χ0) is 21.1. The number of Topliss-reactive ketones (excluding diaryl/α,β-unsaturated/α-hetero) is 1. The summed E-state index contributed by atoms with van der Waals surface area (Å²) in [5.74, 6) is -1.46. The Bertz CT molecular complexity index is 965. The summed E-state index contributed by atoms with van der Waals surface area (Å²) >= 11 is 3.44. The van der Waals surface area contributed by atoms with Crippen molar-refractivity contribution < 1.29 is 19.4 Å². The number of likely N-dealkylation sites (tertiary alicyclic amines) is 1. The van der Waals surface area contributed by atoms with E-state index in [0.29, 0.717) is 12.2 Å². The minimum absolute atomic E-state index is 0.108. The lowest BCUT2D eigenvalue weighted by Crippen LogP contribution is -2.32. The van der Waals surface area contributed by atoms with Crippen molar-refractivity contribution in [2.45, 2.75) is 26.3 Å². The lowest BCUT2D eigenvalue weighted by atomic mass is 9.94. The van der Waals surface area contributed by atoms with Crippen LogP contribution >= 0.6 is 15.9 Å². The third-order valence-corrected chi connectivity index (χ3v) is 6.10. The highest BCUT2D eigenvalue weighted by atomic mass is 79.9. The lowest BCUT2D eigenvalue weighted by molar-refractivity contribution is -0.140. The van der Waals surface area contributed by atoms with Gasteiger partial charge in [0.1, 0.15) is 5.76 Å². The van der Waals surface area contributed by atoms with Crippen molar-refractivity contribution in [2.75, 3.05) is 20.3 Å². The first-order chi connectivity index (χ1) is 13.9. The van der Waals surface area contributed by atoms with Gasteiger partial charge in [0.2, 0.25) is 0 Å². The molecule has 5 nitrogen and oxygen atoms in total. The number of carbonyl (C=O) groups excluding carboxylic acids is 2. The van der Waals surface area contributed by atoms with Gasteiger partial charge in [-0.2, -0.15) is 0 Å². The molecule has 0 aromatic heterocycles. The average Bonchev–Trinajstić information content (AvgIpc) is 2.98. The van der Waals surface area contributed by atoms with Crippen molar-refractivity contribution in [3.8, 4) is 0 Å². The number of aliphatic hydroxyl groups is 1. The molecule has 6 heteroatoms. The third kappa shape index (κ3) is 4.14. The summed E-state index contributed by atoms with van der Waals surface area (Å²) in [6, 6.07) is 12.5. The van der Waals surface area contributed by atoms with Crippen LogP contribution in [-0.4, -0.2) is 42.0 Å². The standard InChI is InChI=1S/C23H24BrNO4/c1-4-15-5-7-16(8-6-15)20-19(22(27)23(28)25(20)11-12-29-3)21(26)17-9-10-18(24)14(2)13-17/h5-10,13,20,26H,4,11-12H2,1-3H3/b21-19-. The van der Waals surface area contributed by atoms with Crippen molar-refractivity contribution in [1.29, 1.82) is 0 Å². The molecule has 1 aliphatic heterocycles. The van der Waals surface area contributed by atoms with Crippen molar-refractivity contribution >= 4 is 33.4 Å². The van der Waals surface area contributed by atoms with Crippen LogP contribution in [0.2, 0.25) is 0 Å². The van der Waals surface area contributed by atoms with E-state index >= 15 is 0 Å². The van der Waals surface area contributed by atoms with Gasteiger partial charge < -0.3 is 14.7 Å². The molecular formula is C23H24BrNO4. The molecule has 1 aliphatic rings. The van der Waals surface area contributed by atoms with Crippen molar-refractivity contribution in [2.24, 2.45) is 0 Å². The number of rotatable bonds is 6. The maximum Gasteiger partial charge on any atom is 0.295 e. The largest absolute Gasteiger partial charge is 0.507 e. The van der Waals surface area contributed by atoms with Crippen LogP contribution < -0.4 is 0 Å². The number of ether oxygens (including phenoxy) is 1. The second kappa shape index (κ2) is 8.93. The molecule has 0 radical (unpaired) electrons. The van der Waals surface area contributed by atoms with Gasteiger partial charge in [0, 0.05) is 23.7 Å². The predicted octanol–water partition coefficient (Wildman–Crippen LogP) is 4.39. The number of amides is 1. The van der Waals surface area contributed by atoms with E-state index in [1.165, 1.54) is 4.90 Å². The Hall–Kier alpha value is -2.44. The fourth-order valence-corrected chi connectivity index (χ4v) is 3.78. The second-order valence-electron chi connectivity index (χ2n) is 7.04. The van der Waals surface area contributed by atoms with Crippen molar-refractivity contribution in [3.63, 3.8) is 0 Å². The zero-order valence-corrected chi connectivity index (χ0v) is 18.3. The van der Waals surface area contributed by atoms with Gasteiger partial charge in [-0.1, -0.05) is 53.2 Å². The van der Waals surface area contributed by atoms with E-state index in [2.05, 4.69) is 22.9 Å². The first kappa shape index (κ1) is 21.3. The number of hydrogen-bond acceptors (Lipinski definition) is 4. The molecule has 1 N–H and O–H groups in total. The molecule has 3 rings (SSSR count). The number of aliphatic hydroxyl groups excluding tert-OH is 1. The summed E-state index contributed by atoms with van der Waals surface area (Å²) in [6.07, 6.45) is 0.891. The van der Waals surface area contributed by atoms with E-state index in [-0.39, 0.29) is 17.9 Å². The molecule has 1 saturated heterocycles. The van der Waals surface area contributed by atoms with Crippen LogP contribution in [-0.2, 0) is 20.7 Å². The number of carbonyl (C=O) groups is 2. The predicted molar refractivity (Wildman–Crippen MR) is 116 cm³/mol. The van der Waals surface area contributed by atoms with E-state index < -0.39 is 17.7 Å². The van der Waals surface area contributed by atoms with Gasteiger partial charge in [-0.3, -0.25) is 9.59 Å². The average molecular weight is 458 g/mol. The maximum absolute atomic E-state index is 12.9. The van der Waals surface area contributed by atoms with Crippen LogP contribution in [0.4, 0.5) is 0 Å². The van der Waals surface area contributed by atoms with Crippen LogP contribution in [0.25, 0.3) is 5.76 Å². The Balaban J connectivity index is 2.15. The Morgan fingerprint density at radius 3 is 2.45 bits per heavy atom. The Morgan fingerprint density at radius 2 is 1.86 bits per heavy atom. The van der Waals surface area contributed by atoms with E-state index in [4.69, 9.17) is 4.74 Å². The smallest absolute Gasteiger partial charge is 0.295 e. The van der Waals surface area contributed by atoms with Crippen LogP contribution in [0.5, 0.6) is 0 Å². The summed E-state index contributed by atoms with van der Waals surface area (Å²) in [4.78, 5) is 27.1. The molecule has 0 saturated carbocycles. The normalized spacial score (nSPS) is 18.5.